The van der Waals surface area contributed by atoms with Crippen LogP contribution in [-0.2, 0) is 16.4 Å². The number of anilines is 1. The average molecular weight is 547 g/mol. The minimum Gasteiger partial charge on any atom is -0.481 e. The number of hydrogen-bond acceptors (Lipinski definition) is 4. The van der Waals surface area contributed by atoms with Crippen LogP contribution in [0, 0.1) is 5.92 Å². The van der Waals surface area contributed by atoms with Crippen LogP contribution in [-0.4, -0.2) is 55.6 Å². The Kier molecular flexibility index (Phi) is 7.41. The molecule has 1 fully saturated rings. The number of piperidine rings is 1. The van der Waals surface area contributed by atoms with Crippen LogP contribution < -0.4 is 5.32 Å². The zero-order valence-corrected chi connectivity index (χ0v) is 22.3. The van der Waals surface area contributed by atoms with Crippen molar-refractivity contribution in [3.05, 3.63) is 53.7 Å². The molecule has 0 spiro atoms. The summed E-state index contributed by atoms with van der Waals surface area (Å²) in [6, 6.07) is 8.18. The van der Waals surface area contributed by atoms with E-state index >= 15 is 0 Å². The second-order valence-electron chi connectivity index (χ2n) is 11.2. The van der Waals surface area contributed by atoms with Crippen molar-refractivity contribution in [1.82, 2.24) is 14.7 Å². The Hall–Kier alpha value is -3.60. The minimum absolute atomic E-state index is 0.0213. The molecule has 0 aliphatic carbocycles. The number of aliphatic hydroxyl groups is 1. The molecule has 4 rings (SSSR count). The molecule has 2 heterocycles. The van der Waals surface area contributed by atoms with E-state index in [9.17, 15) is 33.0 Å². The predicted molar refractivity (Wildman–Crippen MR) is 141 cm³/mol. The number of urea groups is 1. The quantitative estimate of drug-likeness (QED) is 0.362. The number of halogens is 3. The van der Waals surface area contributed by atoms with Gasteiger partial charge in [-0.1, -0.05) is 26.0 Å². The van der Waals surface area contributed by atoms with Gasteiger partial charge < -0.3 is 20.4 Å². The Morgan fingerprint density at radius 2 is 1.79 bits per heavy atom. The molecule has 0 bridgehead atoms. The molecule has 8 nitrogen and oxygen atoms in total. The molecular formula is C28H33F3N4O4. The number of nitrogens with zero attached hydrogens (tertiary/aromatic N) is 3. The molecule has 0 saturated carbocycles. The summed E-state index contributed by atoms with van der Waals surface area (Å²) < 4.78 is 43.4. The molecule has 2 aromatic carbocycles. The first-order valence-electron chi connectivity index (χ1n) is 12.8. The van der Waals surface area contributed by atoms with Gasteiger partial charge in [-0.15, -0.1) is 0 Å². The van der Waals surface area contributed by atoms with Gasteiger partial charge in [0.2, 0.25) is 0 Å². The van der Waals surface area contributed by atoms with Gasteiger partial charge in [0.1, 0.15) is 0 Å². The van der Waals surface area contributed by atoms with E-state index in [0.29, 0.717) is 49.5 Å². The maximum Gasteiger partial charge on any atom is 0.417 e. The van der Waals surface area contributed by atoms with Gasteiger partial charge in [-0.25, -0.2) is 9.48 Å². The molecule has 210 valence electrons. The van der Waals surface area contributed by atoms with Gasteiger partial charge in [-0.2, -0.15) is 18.3 Å². The highest BCUT2D eigenvalue weighted by atomic mass is 19.4. The van der Waals surface area contributed by atoms with E-state index in [4.69, 9.17) is 0 Å². The molecule has 1 aromatic heterocycles. The van der Waals surface area contributed by atoms with Crippen LogP contribution in [0.2, 0.25) is 0 Å². The summed E-state index contributed by atoms with van der Waals surface area (Å²) in [6.07, 6.45) is -2.05. The van der Waals surface area contributed by atoms with E-state index < -0.39 is 34.8 Å². The van der Waals surface area contributed by atoms with E-state index in [1.165, 1.54) is 35.7 Å². The van der Waals surface area contributed by atoms with Crippen molar-refractivity contribution in [2.24, 2.45) is 5.92 Å². The highest BCUT2D eigenvalue weighted by Crippen LogP contribution is 2.38. The molecule has 11 heteroatoms. The number of carbonyl (C=O) groups is 2. The van der Waals surface area contributed by atoms with E-state index in [0.717, 1.165) is 6.07 Å². The lowest BCUT2D eigenvalue weighted by atomic mass is 9.84. The Morgan fingerprint density at radius 3 is 2.38 bits per heavy atom. The van der Waals surface area contributed by atoms with Gasteiger partial charge in [-0.3, -0.25) is 4.79 Å². The molecule has 39 heavy (non-hydrogen) atoms. The fraction of sp³-hybridized carbons (Fsp3) is 0.464. The number of hydrogen-bond donors (Lipinski definition) is 3. The van der Waals surface area contributed by atoms with E-state index in [1.54, 1.807) is 24.3 Å². The van der Waals surface area contributed by atoms with Crippen molar-refractivity contribution >= 4 is 28.6 Å². The second-order valence-corrected chi connectivity index (χ2v) is 11.2. The number of carboxylic acids is 1. The number of carboxylic acid groups (broad SMARTS) is 1. The number of aliphatic carboxylic acids is 1. The number of aromatic nitrogens is 2. The van der Waals surface area contributed by atoms with Crippen LogP contribution in [0.3, 0.4) is 0 Å². The van der Waals surface area contributed by atoms with Gasteiger partial charge in [0.05, 0.1) is 27.8 Å². The molecule has 3 aromatic rings. The first-order valence-corrected chi connectivity index (χ1v) is 12.8. The highest BCUT2D eigenvalue weighted by molar-refractivity contribution is 5.94. The number of nitrogens with one attached hydrogen (secondary N) is 1. The molecule has 0 unspecified atom stereocenters. The fourth-order valence-electron chi connectivity index (χ4n) is 5.02. The third-order valence-corrected chi connectivity index (χ3v) is 7.32. The summed E-state index contributed by atoms with van der Waals surface area (Å²) in [6.45, 7) is 7.69. The zero-order chi connectivity index (χ0) is 28.8. The van der Waals surface area contributed by atoms with Gasteiger partial charge >= 0.3 is 18.2 Å². The maximum absolute atomic E-state index is 14.0. The van der Waals surface area contributed by atoms with Crippen LogP contribution in [0.1, 0.15) is 58.1 Å². The van der Waals surface area contributed by atoms with Crippen molar-refractivity contribution in [2.75, 3.05) is 18.4 Å². The number of fused-ring (bicyclic) bond motifs is 1. The smallest absolute Gasteiger partial charge is 0.417 e. The highest BCUT2D eigenvalue weighted by Gasteiger charge is 2.36. The van der Waals surface area contributed by atoms with Crippen molar-refractivity contribution in [3.8, 4) is 5.69 Å². The summed E-state index contributed by atoms with van der Waals surface area (Å²) in [5.41, 5.74) is -2.17. The minimum atomic E-state index is -4.71. The van der Waals surface area contributed by atoms with Gasteiger partial charge in [0.25, 0.3) is 0 Å². The largest absolute Gasteiger partial charge is 0.481 e. The van der Waals surface area contributed by atoms with Gasteiger partial charge in [0, 0.05) is 30.4 Å². The van der Waals surface area contributed by atoms with E-state index in [2.05, 4.69) is 10.4 Å². The second kappa shape index (κ2) is 10.2. The van der Waals surface area contributed by atoms with Crippen molar-refractivity contribution < 1.29 is 33.0 Å². The third kappa shape index (κ3) is 6.03. The Morgan fingerprint density at radius 1 is 1.13 bits per heavy atom. The van der Waals surface area contributed by atoms with Crippen LogP contribution in [0.5, 0.6) is 0 Å². The number of benzene rings is 2. The third-order valence-electron chi connectivity index (χ3n) is 7.32. The SMILES string of the molecule is CC(C)CC1(O)CCN(C(=O)Nc2cc(C(F)(F)F)c3cn(-c4cccc(C(C)(C)C(=O)O)c4)nc3c2)CC1. The Bertz CT molecular complexity index is 1390. The topological polar surface area (TPSA) is 108 Å². The van der Waals surface area contributed by atoms with Crippen molar-refractivity contribution in [2.45, 2.75) is 64.1 Å². The molecule has 1 aliphatic heterocycles. The molecule has 0 radical (unpaired) electrons. The summed E-state index contributed by atoms with van der Waals surface area (Å²) >= 11 is 0. The van der Waals surface area contributed by atoms with Crippen LogP contribution in [0.25, 0.3) is 16.6 Å². The van der Waals surface area contributed by atoms with Gasteiger partial charge in [-0.05, 0) is 68.9 Å². The predicted octanol–water partition coefficient (Wildman–Crippen LogP) is 5.81. The summed E-state index contributed by atoms with van der Waals surface area (Å²) in [5.74, 6) is -0.739. The summed E-state index contributed by atoms with van der Waals surface area (Å²) in [5, 5.41) is 27.0. The first-order chi connectivity index (χ1) is 18.1. The fourth-order valence-corrected chi connectivity index (χ4v) is 5.02. The zero-order valence-electron chi connectivity index (χ0n) is 22.3. The lowest BCUT2D eigenvalue weighted by Crippen LogP contribution is -2.48. The molecule has 2 amide bonds. The summed E-state index contributed by atoms with van der Waals surface area (Å²) in [4.78, 5) is 26.1. The number of amides is 2. The van der Waals surface area contributed by atoms with E-state index in [-0.39, 0.29) is 16.6 Å². The van der Waals surface area contributed by atoms with Crippen LogP contribution in [0.4, 0.5) is 23.7 Å². The number of alkyl halides is 3. The number of rotatable bonds is 6. The average Bonchev–Trinajstić information content (AvgIpc) is 3.26. The van der Waals surface area contributed by atoms with E-state index in [1.807, 2.05) is 13.8 Å². The number of carbonyl (C=O) groups excluding carboxylic acids is 1. The molecular weight excluding hydrogens is 513 g/mol. The molecule has 1 saturated heterocycles. The standard InChI is InChI=1S/C28H33F3N4O4/c1-17(2)15-27(39)8-10-34(11-9-27)25(38)32-19-13-22(28(29,30)31)21-16-35(33-23(21)14-19)20-7-5-6-18(12-20)26(3,4)24(36)37/h5-7,12-14,16-17,39H,8-11,15H2,1-4H3,(H,32,38)(H,36,37). The number of likely N-dealkylation sites (tertiary alicyclic amines) is 1. The first kappa shape index (κ1) is 28.4. The lowest BCUT2D eigenvalue weighted by molar-refractivity contribution is -0.142. The summed E-state index contributed by atoms with van der Waals surface area (Å²) in [7, 11) is 0. The lowest BCUT2D eigenvalue weighted by Gasteiger charge is -2.39. The van der Waals surface area contributed by atoms with Crippen molar-refractivity contribution in [1.29, 1.82) is 0 Å². The van der Waals surface area contributed by atoms with Crippen LogP contribution >= 0.6 is 0 Å². The molecule has 3 N–H and O–H groups in total. The molecule has 1 aliphatic rings. The Labute approximate surface area is 224 Å². The van der Waals surface area contributed by atoms with Crippen molar-refractivity contribution in [3.63, 3.8) is 0 Å². The molecule has 0 atom stereocenters. The normalized spacial score (nSPS) is 16.1. The van der Waals surface area contributed by atoms with Crippen LogP contribution in [0.15, 0.2) is 42.6 Å². The maximum atomic E-state index is 14.0. The Balaban J connectivity index is 1.63. The monoisotopic (exact) mass is 546 g/mol. The van der Waals surface area contributed by atoms with Gasteiger partial charge in [0.15, 0.2) is 0 Å².